The Morgan fingerprint density at radius 3 is 2.12 bits per heavy atom. The predicted molar refractivity (Wildman–Crippen MR) is 65.7 cm³/mol. The highest BCUT2D eigenvalue weighted by Crippen LogP contribution is 2.09. The van der Waals surface area contributed by atoms with Gasteiger partial charge in [0.05, 0.1) is 0 Å². The van der Waals surface area contributed by atoms with Crippen molar-refractivity contribution in [2.24, 2.45) is 0 Å². The maximum Gasteiger partial charge on any atom is 0.181 e. The third-order valence-corrected chi connectivity index (χ3v) is 2.51. The van der Waals surface area contributed by atoms with Gasteiger partial charge in [-0.05, 0) is 19.4 Å². The first-order chi connectivity index (χ1) is 7.63. The van der Waals surface area contributed by atoms with Gasteiger partial charge < -0.3 is 4.57 Å². The molecule has 1 heterocycles. The molecule has 0 radical (unpaired) electrons. The molecule has 0 saturated heterocycles. The van der Waals surface area contributed by atoms with Gasteiger partial charge in [0.1, 0.15) is 0 Å². The highest BCUT2D eigenvalue weighted by molar-refractivity contribution is 5.28. The Hall–Kier alpha value is -1.83. The molecule has 0 unspecified atom stereocenters. The summed E-state index contributed by atoms with van der Waals surface area (Å²) in [4.78, 5) is 11.0. The van der Waals surface area contributed by atoms with Crippen LogP contribution >= 0.6 is 0 Å². The monoisotopic (exact) mass is 213 g/mol. The predicted octanol–water partition coefficient (Wildman–Crippen LogP) is 2.51. The highest BCUT2D eigenvalue weighted by atomic mass is 16.1. The van der Waals surface area contributed by atoms with E-state index in [1.807, 2.05) is 17.0 Å². The van der Waals surface area contributed by atoms with Crippen molar-refractivity contribution in [3.63, 3.8) is 0 Å². The maximum atomic E-state index is 11.0. The molecular formula is C14H15NO. The van der Waals surface area contributed by atoms with E-state index in [1.165, 1.54) is 16.7 Å². The summed E-state index contributed by atoms with van der Waals surface area (Å²) in [6.45, 7) is 5.01. The summed E-state index contributed by atoms with van der Waals surface area (Å²) in [6.07, 6.45) is 3.64. The van der Waals surface area contributed by atoms with Crippen LogP contribution in [0.25, 0.3) is 0 Å². The van der Waals surface area contributed by atoms with E-state index in [0.717, 1.165) is 6.54 Å². The highest BCUT2D eigenvalue weighted by Gasteiger charge is 1.96. The Bertz CT molecular complexity index is 514. The summed E-state index contributed by atoms with van der Waals surface area (Å²) in [6, 6.07) is 9.68. The largest absolute Gasteiger partial charge is 0.350 e. The van der Waals surface area contributed by atoms with E-state index in [9.17, 15) is 4.79 Å². The van der Waals surface area contributed by atoms with Crippen LogP contribution in [0.2, 0.25) is 0 Å². The van der Waals surface area contributed by atoms with Gasteiger partial charge in [0.2, 0.25) is 0 Å². The molecule has 0 saturated carbocycles. The average Bonchev–Trinajstić information content (AvgIpc) is 2.20. The number of pyridine rings is 1. The zero-order chi connectivity index (χ0) is 11.5. The van der Waals surface area contributed by atoms with Crippen LogP contribution in [-0.2, 0) is 6.54 Å². The molecule has 0 aliphatic heterocycles. The Morgan fingerprint density at radius 1 is 1.00 bits per heavy atom. The SMILES string of the molecule is Cc1cc(C)cc(Cn2ccc(=O)cc2)c1. The van der Waals surface area contributed by atoms with Gasteiger partial charge >= 0.3 is 0 Å². The van der Waals surface area contributed by atoms with Crippen LogP contribution in [0.1, 0.15) is 16.7 Å². The molecule has 0 atom stereocenters. The second-order valence-electron chi connectivity index (χ2n) is 4.20. The van der Waals surface area contributed by atoms with Gasteiger partial charge in [-0.3, -0.25) is 4.79 Å². The van der Waals surface area contributed by atoms with Gasteiger partial charge in [-0.15, -0.1) is 0 Å². The Balaban J connectivity index is 2.26. The van der Waals surface area contributed by atoms with Crippen LogP contribution in [0.5, 0.6) is 0 Å². The smallest absolute Gasteiger partial charge is 0.181 e. The van der Waals surface area contributed by atoms with Gasteiger partial charge in [0.15, 0.2) is 5.43 Å². The van der Waals surface area contributed by atoms with Crippen LogP contribution in [-0.4, -0.2) is 4.57 Å². The first kappa shape index (κ1) is 10.7. The Kier molecular flexibility index (Phi) is 2.91. The molecule has 2 nitrogen and oxygen atoms in total. The number of nitrogens with zero attached hydrogens (tertiary/aromatic N) is 1. The van der Waals surface area contributed by atoms with Crippen LogP contribution in [0.15, 0.2) is 47.5 Å². The Morgan fingerprint density at radius 2 is 1.56 bits per heavy atom. The minimum absolute atomic E-state index is 0.0525. The lowest BCUT2D eigenvalue weighted by atomic mass is 10.1. The van der Waals surface area contributed by atoms with Crippen LogP contribution < -0.4 is 5.43 Å². The van der Waals surface area contributed by atoms with Crippen LogP contribution in [0, 0.1) is 13.8 Å². The third kappa shape index (κ3) is 2.60. The van der Waals surface area contributed by atoms with Crippen molar-refractivity contribution in [1.29, 1.82) is 0 Å². The number of rotatable bonds is 2. The quantitative estimate of drug-likeness (QED) is 0.751. The molecule has 2 aromatic rings. The van der Waals surface area contributed by atoms with Gasteiger partial charge in [-0.25, -0.2) is 0 Å². The standard InChI is InChI=1S/C14H15NO/c1-11-7-12(2)9-13(8-11)10-15-5-3-14(16)4-6-15/h3-9H,10H2,1-2H3. The first-order valence-corrected chi connectivity index (χ1v) is 5.37. The summed E-state index contributed by atoms with van der Waals surface area (Å²) >= 11 is 0. The summed E-state index contributed by atoms with van der Waals surface area (Å²) < 4.78 is 2.01. The molecule has 0 amide bonds. The van der Waals surface area contributed by atoms with Gasteiger partial charge in [-0.2, -0.15) is 0 Å². The fraction of sp³-hybridized carbons (Fsp3) is 0.214. The second kappa shape index (κ2) is 4.35. The van der Waals surface area contributed by atoms with E-state index in [1.54, 1.807) is 12.1 Å². The maximum absolute atomic E-state index is 11.0. The lowest BCUT2D eigenvalue weighted by Crippen LogP contribution is -2.04. The summed E-state index contributed by atoms with van der Waals surface area (Å²) in [5.41, 5.74) is 3.87. The first-order valence-electron chi connectivity index (χ1n) is 5.37. The fourth-order valence-corrected chi connectivity index (χ4v) is 1.92. The zero-order valence-corrected chi connectivity index (χ0v) is 9.60. The topological polar surface area (TPSA) is 22.0 Å². The van der Waals surface area contributed by atoms with Crippen LogP contribution in [0.3, 0.4) is 0 Å². The normalized spacial score (nSPS) is 10.4. The molecular weight excluding hydrogens is 198 g/mol. The lowest BCUT2D eigenvalue weighted by molar-refractivity contribution is 0.787. The molecule has 16 heavy (non-hydrogen) atoms. The molecule has 1 aromatic heterocycles. The summed E-state index contributed by atoms with van der Waals surface area (Å²) in [5.74, 6) is 0. The lowest BCUT2D eigenvalue weighted by Gasteiger charge is -2.07. The van der Waals surface area contributed by atoms with Gasteiger partial charge in [-0.1, -0.05) is 29.3 Å². The molecule has 0 aliphatic rings. The van der Waals surface area contributed by atoms with E-state index in [-0.39, 0.29) is 5.43 Å². The van der Waals surface area contributed by atoms with Gasteiger partial charge in [0, 0.05) is 31.1 Å². The number of aryl methyl sites for hydroxylation is 2. The number of hydrogen-bond acceptors (Lipinski definition) is 1. The minimum atomic E-state index is 0.0525. The van der Waals surface area contributed by atoms with E-state index in [2.05, 4.69) is 32.0 Å². The number of aromatic nitrogens is 1. The third-order valence-electron chi connectivity index (χ3n) is 2.51. The van der Waals surface area contributed by atoms with Gasteiger partial charge in [0.25, 0.3) is 0 Å². The fourth-order valence-electron chi connectivity index (χ4n) is 1.92. The molecule has 82 valence electrons. The summed E-state index contributed by atoms with van der Waals surface area (Å²) in [5, 5.41) is 0. The van der Waals surface area contributed by atoms with E-state index < -0.39 is 0 Å². The van der Waals surface area contributed by atoms with Crippen molar-refractivity contribution in [1.82, 2.24) is 4.57 Å². The van der Waals surface area contributed by atoms with E-state index in [4.69, 9.17) is 0 Å². The molecule has 0 aliphatic carbocycles. The molecule has 1 aromatic carbocycles. The molecule has 0 N–H and O–H groups in total. The van der Waals surface area contributed by atoms with Crippen molar-refractivity contribution in [3.8, 4) is 0 Å². The van der Waals surface area contributed by atoms with Crippen LogP contribution in [0.4, 0.5) is 0 Å². The number of benzene rings is 1. The van der Waals surface area contributed by atoms with Crippen molar-refractivity contribution in [2.75, 3.05) is 0 Å². The molecule has 2 rings (SSSR count). The van der Waals surface area contributed by atoms with Crippen molar-refractivity contribution < 1.29 is 0 Å². The molecule has 0 spiro atoms. The van der Waals surface area contributed by atoms with E-state index >= 15 is 0 Å². The second-order valence-corrected chi connectivity index (χ2v) is 4.20. The van der Waals surface area contributed by atoms with E-state index in [0.29, 0.717) is 0 Å². The molecule has 2 heteroatoms. The van der Waals surface area contributed by atoms with Crippen molar-refractivity contribution in [3.05, 3.63) is 69.6 Å². The van der Waals surface area contributed by atoms with Crippen molar-refractivity contribution >= 4 is 0 Å². The Labute approximate surface area is 95.2 Å². The number of hydrogen-bond donors (Lipinski definition) is 0. The minimum Gasteiger partial charge on any atom is -0.350 e. The molecule has 0 fully saturated rings. The molecule has 0 bridgehead atoms. The summed E-state index contributed by atoms with van der Waals surface area (Å²) in [7, 11) is 0. The van der Waals surface area contributed by atoms with Crippen molar-refractivity contribution in [2.45, 2.75) is 20.4 Å². The average molecular weight is 213 g/mol. The zero-order valence-electron chi connectivity index (χ0n) is 9.60.